The first-order chi connectivity index (χ1) is 13.6. The lowest BCUT2D eigenvalue weighted by Crippen LogP contribution is -2.57. The topological polar surface area (TPSA) is 47.3 Å². The molecule has 1 heterocycles. The number of hydrogen-bond acceptors (Lipinski definition) is 3. The smallest absolute Gasteiger partial charge is 0.233 e. The number of rotatable bonds is 4. The highest BCUT2D eigenvalue weighted by molar-refractivity contribution is 9.10. The molecule has 28 heavy (non-hydrogen) atoms. The fourth-order valence-corrected chi connectivity index (χ4v) is 4.68. The number of nitrogens with zero attached hydrogens (tertiary/aromatic N) is 3. The summed E-state index contributed by atoms with van der Waals surface area (Å²) in [5.74, 6) is 0.258. The summed E-state index contributed by atoms with van der Waals surface area (Å²) in [5, 5.41) is 9.68. The molecule has 1 amide bonds. The lowest BCUT2D eigenvalue weighted by Gasteiger charge is -2.46. The molecule has 0 radical (unpaired) electrons. The Kier molecular flexibility index (Phi) is 5.52. The van der Waals surface area contributed by atoms with Gasteiger partial charge in [0.15, 0.2) is 0 Å². The number of nitriles is 1. The molecule has 4 rings (SSSR count). The van der Waals surface area contributed by atoms with Crippen LogP contribution in [0.4, 0.5) is 0 Å². The molecule has 0 N–H and O–H groups in total. The first kappa shape index (κ1) is 19.2. The van der Waals surface area contributed by atoms with Crippen molar-refractivity contribution in [3.05, 3.63) is 70.2 Å². The zero-order valence-corrected chi connectivity index (χ0v) is 17.4. The lowest BCUT2D eigenvalue weighted by atomic mass is 9.63. The van der Waals surface area contributed by atoms with Crippen molar-refractivity contribution < 1.29 is 4.79 Å². The van der Waals surface area contributed by atoms with Gasteiger partial charge in [-0.15, -0.1) is 0 Å². The second kappa shape index (κ2) is 8.06. The SMILES string of the molecule is N#CC(c1ccccc1)N1CCN(C(=O)C2(c3ccc(Br)cc3)CCC2)CC1. The lowest BCUT2D eigenvalue weighted by molar-refractivity contribution is -0.143. The predicted molar refractivity (Wildman–Crippen MR) is 113 cm³/mol. The van der Waals surface area contributed by atoms with Crippen molar-refractivity contribution in [3.8, 4) is 6.07 Å². The standard InChI is InChI=1S/C23H24BrN3O/c24-20-9-7-19(8-10-20)23(11-4-12-23)22(28)27-15-13-26(14-16-27)21(17-25)18-5-2-1-3-6-18/h1-3,5-10,21H,4,11-16H2. The van der Waals surface area contributed by atoms with Crippen molar-refractivity contribution in [2.45, 2.75) is 30.7 Å². The Hall–Kier alpha value is -2.16. The van der Waals surface area contributed by atoms with Gasteiger partial charge >= 0.3 is 0 Å². The van der Waals surface area contributed by atoms with E-state index in [1.165, 1.54) is 0 Å². The van der Waals surface area contributed by atoms with Crippen molar-refractivity contribution in [2.24, 2.45) is 0 Å². The monoisotopic (exact) mass is 437 g/mol. The van der Waals surface area contributed by atoms with Gasteiger partial charge in [-0.1, -0.05) is 64.8 Å². The van der Waals surface area contributed by atoms with Gasteiger partial charge in [0.1, 0.15) is 6.04 Å². The van der Waals surface area contributed by atoms with E-state index >= 15 is 0 Å². The van der Waals surface area contributed by atoms with Crippen molar-refractivity contribution in [1.82, 2.24) is 9.80 Å². The van der Waals surface area contributed by atoms with Crippen LogP contribution in [0.2, 0.25) is 0 Å². The Morgan fingerprint density at radius 3 is 2.18 bits per heavy atom. The van der Waals surface area contributed by atoms with Gasteiger partial charge in [0, 0.05) is 30.7 Å². The molecule has 1 aliphatic carbocycles. The van der Waals surface area contributed by atoms with Crippen LogP contribution in [0.25, 0.3) is 0 Å². The maximum atomic E-state index is 13.4. The summed E-state index contributed by atoms with van der Waals surface area (Å²) in [7, 11) is 0. The molecule has 1 saturated heterocycles. The van der Waals surface area contributed by atoms with Crippen LogP contribution in [-0.2, 0) is 10.2 Å². The fraction of sp³-hybridized carbons (Fsp3) is 0.391. The summed E-state index contributed by atoms with van der Waals surface area (Å²) in [6.45, 7) is 2.83. The molecule has 0 bridgehead atoms. The fourth-order valence-electron chi connectivity index (χ4n) is 4.41. The highest BCUT2D eigenvalue weighted by Gasteiger charge is 2.48. The van der Waals surface area contributed by atoms with Crippen molar-refractivity contribution in [2.75, 3.05) is 26.2 Å². The van der Waals surface area contributed by atoms with E-state index in [0.29, 0.717) is 13.1 Å². The number of halogens is 1. The minimum atomic E-state index is -0.350. The summed E-state index contributed by atoms with van der Waals surface area (Å²) in [5.41, 5.74) is 1.81. The van der Waals surface area contributed by atoms with Crippen molar-refractivity contribution in [1.29, 1.82) is 5.26 Å². The van der Waals surface area contributed by atoms with Gasteiger partial charge in [-0.3, -0.25) is 9.69 Å². The molecule has 4 nitrogen and oxygen atoms in total. The first-order valence-electron chi connectivity index (χ1n) is 9.88. The summed E-state index contributed by atoms with van der Waals surface area (Å²) >= 11 is 3.48. The zero-order valence-electron chi connectivity index (χ0n) is 15.9. The van der Waals surface area contributed by atoms with E-state index in [2.05, 4.69) is 39.0 Å². The number of carbonyl (C=O) groups excluding carboxylic acids is 1. The molecule has 2 aromatic rings. The van der Waals surface area contributed by atoms with Gasteiger partial charge in [0.2, 0.25) is 5.91 Å². The van der Waals surface area contributed by atoms with Gasteiger partial charge in [-0.25, -0.2) is 0 Å². The van der Waals surface area contributed by atoms with Crippen molar-refractivity contribution in [3.63, 3.8) is 0 Å². The minimum absolute atomic E-state index is 0.248. The first-order valence-corrected chi connectivity index (χ1v) is 10.7. The maximum Gasteiger partial charge on any atom is 0.233 e. The average molecular weight is 438 g/mol. The van der Waals surface area contributed by atoms with Crippen LogP contribution in [0, 0.1) is 11.3 Å². The van der Waals surface area contributed by atoms with Crippen LogP contribution in [0.1, 0.15) is 36.4 Å². The van der Waals surface area contributed by atoms with Crippen LogP contribution in [0.3, 0.4) is 0 Å². The van der Waals surface area contributed by atoms with Gasteiger partial charge in [0.25, 0.3) is 0 Å². The Bertz CT molecular complexity index is 863. The van der Waals surface area contributed by atoms with E-state index in [0.717, 1.165) is 48.0 Å². The molecule has 1 unspecified atom stereocenters. The molecule has 1 aliphatic heterocycles. The molecule has 2 aliphatic rings. The third-order valence-corrected chi connectivity index (χ3v) is 6.75. The number of piperazine rings is 1. The van der Waals surface area contributed by atoms with Crippen molar-refractivity contribution >= 4 is 21.8 Å². The molecule has 5 heteroatoms. The second-order valence-corrected chi connectivity index (χ2v) is 8.63. The van der Waals surface area contributed by atoms with Crippen LogP contribution in [0.5, 0.6) is 0 Å². The largest absolute Gasteiger partial charge is 0.339 e. The number of carbonyl (C=O) groups is 1. The summed E-state index contributed by atoms with van der Waals surface area (Å²) < 4.78 is 1.04. The van der Waals surface area contributed by atoms with Gasteiger partial charge in [0.05, 0.1) is 11.5 Å². The number of benzene rings is 2. The van der Waals surface area contributed by atoms with Gasteiger partial charge in [-0.2, -0.15) is 5.26 Å². The third kappa shape index (κ3) is 3.47. The molecule has 144 valence electrons. The second-order valence-electron chi connectivity index (χ2n) is 7.71. The Labute approximate surface area is 174 Å². The molecule has 2 aromatic carbocycles. The van der Waals surface area contributed by atoms with Crippen LogP contribution in [0.15, 0.2) is 59.1 Å². The molecule has 0 aromatic heterocycles. The van der Waals surface area contributed by atoms with Crippen LogP contribution in [-0.4, -0.2) is 41.9 Å². The summed E-state index contributed by atoms with van der Waals surface area (Å²) in [6, 6.07) is 20.3. The van der Waals surface area contributed by atoms with Gasteiger partial charge in [-0.05, 0) is 36.1 Å². The van der Waals surface area contributed by atoms with E-state index in [4.69, 9.17) is 0 Å². The Balaban J connectivity index is 1.45. The van der Waals surface area contributed by atoms with E-state index in [-0.39, 0.29) is 17.4 Å². The summed E-state index contributed by atoms with van der Waals surface area (Å²) in [6.07, 6.45) is 2.96. The zero-order chi connectivity index (χ0) is 19.6. The van der Waals surface area contributed by atoms with Crippen LogP contribution < -0.4 is 0 Å². The normalized spacial score (nSPS) is 20.1. The highest BCUT2D eigenvalue weighted by atomic mass is 79.9. The Morgan fingerprint density at radius 2 is 1.64 bits per heavy atom. The van der Waals surface area contributed by atoms with E-state index in [9.17, 15) is 10.1 Å². The minimum Gasteiger partial charge on any atom is -0.339 e. The quantitative estimate of drug-likeness (QED) is 0.716. The molecule has 0 spiro atoms. The van der Waals surface area contributed by atoms with Crippen LogP contribution >= 0.6 is 15.9 Å². The molecule has 1 atom stereocenters. The van der Waals surface area contributed by atoms with E-state index in [1.54, 1.807) is 0 Å². The summed E-state index contributed by atoms with van der Waals surface area (Å²) in [4.78, 5) is 17.6. The molecule has 2 fully saturated rings. The molecule has 1 saturated carbocycles. The average Bonchev–Trinajstić information content (AvgIpc) is 2.70. The molecular formula is C23H24BrN3O. The molecular weight excluding hydrogens is 414 g/mol. The Morgan fingerprint density at radius 1 is 1.00 bits per heavy atom. The van der Waals surface area contributed by atoms with E-state index < -0.39 is 0 Å². The van der Waals surface area contributed by atoms with E-state index in [1.807, 2.05) is 47.4 Å². The highest BCUT2D eigenvalue weighted by Crippen LogP contribution is 2.45. The van der Waals surface area contributed by atoms with Gasteiger partial charge < -0.3 is 4.90 Å². The number of hydrogen-bond donors (Lipinski definition) is 0. The maximum absolute atomic E-state index is 13.4. The number of amides is 1. The third-order valence-electron chi connectivity index (χ3n) is 6.22. The predicted octanol–water partition coefficient (Wildman–Crippen LogP) is 4.28.